The number of carbonyl (C=O) groups is 1. The Morgan fingerprint density at radius 1 is 1.33 bits per heavy atom. The van der Waals surface area contributed by atoms with E-state index in [-0.39, 0.29) is 17.8 Å². The van der Waals surface area contributed by atoms with E-state index in [1.165, 1.54) is 0 Å². The fraction of sp³-hybridized carbons (Fsp3) is 0.471. The standard InChI is InChI=1S/C17H22ClN5O/c1-4-15-19-16(17(24)22-10-9-21(3)11-12(22)2)20-23(15)14-8-6-5-7-13(14)18/h5-8,12H,4,9-11H2,1-3H3/t12-/m1/s1. The number of nitrogens with zero attached hydrogens (tertiary/aromatic N) is 5. The largest absolute Gasteiger partial charge is 0.331 e. The van der Waals surface area contributed by atoms with Crippen molar-refractivity contribution in [3.05, 3.63) is 40.9 Å². The van der Waals surface area contributed by atoms with E-state index < -0.39 is 0 Å². The SMILES string of the molecule is CCc1nc(C(=O)N2CCN(C)C[C@H]2C)nn1-c1ccccc1Cl. The van der Waals surface area contributed by atoms with Gasteiger partial charge in [0.25, 0.3) is 5.91 Å². The van der Waals surface area contributed by atoms with Gasteiger partial charge >= 0.3 is 0 Å². The summed E-state index contributed by atoms with van der Waals surface area (Å²) < 4.78 is 1.68. The molecule has 0 bridgehead atoms. The molecule has 1 aliphatic rings. The van der Waals surface area contributed by atoms with Crippen LogP contribution in [0.4, 0.5) is 0 Å². The highest BCUT2D eigenvalue weighted by atomic mass is 35.5. The van der Waals surface area contributed by atoms with Crippen molar-refractivity contribution in [2.75, 3.05) is 26.7 Å². The number of amides is 1. The number of piperazine rings is 1. The quantitative estimate of drug-likeness (QED) is 0.854. The number of aromatic nitrogens is 3. The number of halogens is 1. The van der Waals surface area contributed by atoms with E-state index >= 15 is 0 Å². The molecular weight excluding hydrogens is 326 g/mol. The van der Waals surface area contributed by atoms with Crippen molar-refractivity contribution in [2.45, 2.75) is 26.3 Å². The highest BCUT2D eigenvalue weighted by Gasteiger charge is 2.29. The van der Waals surface area contributed by atoms with Crippen LogP contribution in [0.15, 0.2) is 24.3 Å². The maximum atomic E-state index is 12.9. The minimum absolute atomic E-state index is 0.115. The van der Waals surface area contributed by atoms with Gasteiger partial charge in [-0.3, -0.25) is 4.79 Å². The van der Waals surface area contributed by atoms with Crippen molar-refractivity contribution in [1.29, 1.82) is 0 Å². The molecule has 0 spiro atoms. The molecule has 0 unspecified atom stereocenters. The average molecular weight is 348 g/mol. The second-order valence-electron chi connectivity index (χ2n) is 6.18. The van der Waals surface area contributed by atoms with E-state index in [1.807, 2.05) is 36.1 Å². The summed E-state index contributed by atoms with van der Waals surface area (Å²) in [4.78, 5) is 21.4. The molecular formula is C17H22ClN5O. The topological polar surface area (TPSA) is 54.3 Å². The fourth-order valence-corrected chi connectivity index (χ4v) is 3.27. The predicted octanol–water partition coefficient (Wildman–Crippen LogP) is 2.26. The lowest BCUT2D eigenvalue weighted by Gasteiger charge is -2.37. The van der Waals surface area contributed by atoms with Crippen LogP contribution in [0.3, 0.4) is 0 Å². The fourth-order valence-electron chi connectivity index (χ4n) is 3.05. The number of hydrogen-bond acceptors (Lipinski definition) is 4. The Kier molecular flexibility index (Phi) is 4.87. The maximum absolute atomic E-state index is 12.9. The number of benzene rings is 1. The molecule has 0 aliphatic carbocycles. The molecule has 2 aromatic rings. The van der Waals surface area contributed by atoms with Crippen LogP contribution in [0.1, 0.15) is 30.3 Å². The van der Waals surface area contributed by atoms with E-state index in [0.29, 0.717) is 18.0 Å². The van der Waals surface area contributed by atoms with Crippen molar-refractivity contribution in [1.82, 2.24) is 24.6 Å². The van der Waals surface area contributed by atoms with Gasteiger partial charge in [0.1, 0.15) is 5.82 Å². The van der Waals surface area contributed by atoms with Crippen molar-refractivity contribution in [3.8, 4) is 5.69 Å². The van der Waals surface area contributed by atoms with E-state index in [9.17, 15) is 4.79 Å². The molecule has 1 amide bonds. The molecule has 6 nitrogen and oxygen atoms in total. The van der Waals surface area contributed by atoms with Gasteiger partial charge in [-0.05, 0) is 26.1 Å². The predicted molar refractivity (Wildman–Crippen MR) is 93.7 cm³/mol. The first-order valence-corrected chi connectivity index (χ1v) is 8.59. The molecule has 7 heteroatoms. The molecule has 1 fully saturated rings. The lowest BCUT2D eigenvalue weighted by atomic mass is 10.2. The van der Waals surface area contributed by atoms with Gasteiger partial charge in [-0.1, -0.05) is 30.7 Å². The molecule has 1 aliphatic heterocycles. The number of likely N-dealkylation sites (N-methyl/N-ethyl adjacent to an activating group) is 1. The Morgan fingerprint density at radius 3 is 2.75 bits per heavy atom. The summed E-state index contributed by atoms with van der Waals surface area (Å²) in [6.07, 6.45) is 0.670. The van der Waals surface area contributed by atoms with Gasteiger partial charge in [0.15, 0.2) is 0 Å². The van der Waals surface area contributed by atoms with Crippen LogP contribution in [0.5, 0.6) is 0 Å². The number of hydrogen-bond donors (Lipinski definition) is 0. The third kappa shape index (κ3) is 3.16. The van der Waals surface area contributed by atoms with Crippen LogP contribution in [-0.4, -0.2) is 63.2 Å². The molecule has 3 rings (SSSR count). The normalized spacial score (nSPS) is 18.8. The zero-order valence-electron chi connectivity index (χ0n) is 14.2. The minimum atomic E-state index is -0.115. The summed E-state index contributed by atoms with van der Waals surface area (Å²) in [5, 5.41) is 5.04. The average Bonchev–Trinajstić information content (AvgIpc) is 2.99. The van der Waals surface area contributed by atoms with E-state index in [0.717, 1.165) is 24.6 Å². The first-order chi connectivity index (χ1) is 11.5. The van der Waals surface area contributed by atoms with Crippen molar-refractivity contribution in [3.63, 3.8) is 0 Å². The summed E-state index contributed by atoms with van der Waals surface area (Å²) in [5.74, 6) is 0.854. The minimum Gasteiger partial charge on any atom is -0.331 e. The monoisotopic (exact) mass is 347 g/mol. The zero-order chi connectivity index (χ0) is 17.3. The Balaban J connectivity index is 1.93. The highest BCUT2D eigenvalue weighted by molar-refractivity contribution is 6.32. The van der Waals surface area contributed by atoms with Crippen LogP contribution < -0.4 is 0 Å². The van der Waals surface area contributed by atoms with Crippen LogP contribution in [-0.2, 0) is 6.42 Å². The molecule has 0 N–H and O–H groups in total. The van der Waals surface area contributed by atoms with Gasteiger partial charge in [-0.25, -0.2) is 9.67 Å². The molecule has 0 radical (unpaired) electrons. The van der Waals surface area contributed by atoms with E-state index in [1.54, 1.807) is 4.68 Å². The van der Waals surface area contributed by atoms with Gasteiger partial charge in [-0.2, -0.15) is 0 Å². The van der Waals surface area contributed by atoms with Crippen LogP contribution in [0.25, 0.3) is 5.69 Å². The van der Waals surface area contributed by atoms with Gasteiger partial charge in [0.2, 0.25) is 5.82 Å². The van der Waals surface area contributed by atoms with Gasteiger partial charge in [-0.15, -0.1) is 5.10 Å². The summed E-state index contributed by atoms with van der Waals surface area (Å²) in [6.45, 7) is 6.46. The molecule has 1 saturated heterocycles. The first-order valence-electron chi connectivity index (χ1n) is 8.21. The van der Waals surface area contributed by atoms with Gasteiger partial charge < -0.3 is 9.80 Å². The summed E-state index contributed by atoms with van der Waals surface area (Å²) in [5.41, 5.74) is 0.744. The Labute approximate surface area is 147 Å². The molecule has 1 aromatic heterocycles. The summed E-state index contributed by atoms with van der Waals surface area (Å²) in [6, 6.07) is 7.59. The Bertz CT molecular complexity index is 744. The third-order valence-electron chi connectivity index (χ3n) is 4.35. The van der Waals surface area contributed by atoms with Gasteiger partial charge in [0.05, 0.1) is 10.7 Å². The van der Waals surface area contributed by atoms with Crippen molar-refractivity contribution >= 4 is 17.5 Å². The van der Waals surface area contributed by atoms with Crippen LogP contribution >= 0.6 is 11.6 Å². The first kappa shape index (κ1) is 16.9. The lowest BCUT2D eigenvalue weighted by molar-refractivity contribution is 0.0521. The van der Waals surface area contributed by atoms with Crippen LogP contribution in [0.2, 0.25) is 5.02 Å². The summed E-state index contributed by atoms with van der Waals surface area (Å²) >= 11 is 6.27. The number of carbonyl (C=O) groups excluding carboxylic acids is 1. The second kappa shape index (κ2) is 6.91. The smallest absolute Gasteiger partial charge is 0.293 e. The highest BCUT2D eigenvalue weighted by Crippen LogP contribution is 2.21. The number of aryl methyl sites for hydroxylation is 1. The van der Waals surface area contributed by atoms with E-state index in [2.05, 4.69) is 29.0 Å². The van der Waals surface area contributed by atoms with Gasteiger partial charge in [0, 0.05) is 32.1 Å². The maximum Gasteiger partial charge on any atom is 0.293 e. The number of para-hydroxylation sites is 1. The third-order valence-corrected chi connectivity index (χ3v) is 4.67. The molecule has 0 saturated carbocycles. The summed E-state index contributed by atoms with van der Waals surface area (Å²) in [7, 11) is 2.07. The second-order valence-corrected chi connectivity index (χ2v) is 6.59. The molecule has 1 atom stereocenters. The lowest BCUT2D eigenvalue weighted by Crippen LogP contribution is -2.52. The number of rotatable bonds is 3. The van der Waals surface area contributed by atoms with Crippen LogP contribution in [0, 0.1) is 0 Å². The van der Waals surface area contributed by atoms with E-state index in [4.69, 9.17) is 11.6 Å². The molecule has 128 valence electrons. The Hall–Kier alpha value is -1.92. The van der Waals surface area contributed by atoms with Crippen molar-refractivity contribution in [2.24, 2.45) is 0 Å². The Morgan fingerprint density at radius 2 is 2.08 bits per heavy atom. The van der Waals surface area contributed by atoms with Crippen molar-refractivity contribution < 1.29 is 4.79 Å². The molecule has 2 heterocycles. The zero-order valence-corrected chi connectivity index (χ0v) is 15.0. The molecule has 24 heavy (non-hydrogen) atoms. The molecule has 1 aromatic carbocycles.